The molecule has 1 N–H and O–H groups in total. The first-order chi connectivity index (χ1) is 16.9. The number of aromatic nitrogens is 1. The average molecular weight is 482 g/mol. The zero-order chi connectivity index (χ0) is 24.5. The summed E-state index contributed by atoms with van der Waals surface area (Å²) in [5.41, 5.74) is 4.75. The Morgan fingerprint density at radius 2 is 1.77 bits per heavy atom. The number of carbonyl (C=O) groups excluding carboxylic acids is 2. The summed E-state index contributed by atoms with van der Waals surface area (Å²) in [6.07, 6.45) is 3.62. The van der Waals surface area contributed by atoms with Crippen LogP contribution in [0.25, 0.3) is 17.0 Å². The lowest BCUT2D eigenvalue weighted by Crippen LogP contribution is -2.54. The number of amides is 2. The second-order valence-electron chi connectivity index (χ2n) is 8.37. The molecule has 5 rings (SSSR count). The van der Waals surface area contributed by atoms with E-state index in [9.17, 15) is 9.59 Å². The van der Waals surface area contributed by atoms with Gasteiger partial charge in [0, 0.05) is 29.2 Å². The minimum atomic E-state index is -0.514. The summed E-state index contributed by atoms with van der Waals surface area (Å²) in [4.78, 5) is 27.6. The summed E-state index contributed by atoms with van der Waals surface area (Å²) in [7, 11) is 1.57. The predicted molar refractivity (Wildman–Crippen MR) is 141 cm³/mol. The molecule has 3 aromatic carbocycles. The lowest BCUT2D eigenvalue weighted by molar-refractivity contribution is -0.122. The third-order valence-corrected chi connectivity index (χ3v) is 6.27. The van der Waals surface area contributed by atoms with Gasteiger partial charge in [0.2, 0.25) is 0 Å². The van der Waals surface area contributed by atoms with Gasteiger partial charge >= 0.3 is 0 Å². The van der Waals surface area contributed by atoms with Crippen molar-refractivity contribution in [2.45, 2.75) is 13.5 Å². The second-order valence-corrected chi connectivity index (χ2v) is 8.76. The number of nitrogens with zero attached hydrogens (tertiary/aromatic N) is 2. The van der Waals surface area contributed by atoms with Gasteiger partial charge in [0.1, 0.15) is 11.3 Å². The number of hydrogen-bond donors (Lipinski definition) is 1. The van der Waals surface area contributed by atoms with Crippen molar-refractivity contribution in [3.05, 3.63) is 101 Å². The summed E-state index contributed by atoms with van der Waals surface area (Å²) in [5, 5.41) is 3.65. The molecule has 1 fully saturated rings. The van der Waals surface area contributed by atoms with Gasteiger partial charge in [-0.05, 0) is 61.1 Å². The highest BCUT2D eigenvalue weighted by molar-refractivity contribution is 7.80. The highest BCUT2D eigenvalue weighted by Gasteiger charge is 2.34. The number of hydrogen-bond acceptors (Lipinski definition) is 4. The van der Waals surface area contributed by atoms with Gasteiger partial charge < -0.3 is 9.30 Å². The largest absolute Gasteiger partial charge is 0.497 e. The van der Waals surface area contributed by atoms with Gasteiger partial charge in [-0.1, -0.05) is 48.0 Å². The SMILES string of the molecule is COc1ccc(N2C(=O)/C(=C\c3cn(Cc4cccc(C)c4)c4ccccc34)C(=O)NC2=S)cc1. The Kier molecular flexibility index (Phi) is 5.93. The maximum atomic E-state index is 13.4. The van der Waals surface area contributed by atoms with E-state index in [-0.39, 0.29) is 10.7 Å². The molecule has 1 aliphatic rings. The first kappa shape index (κ1) is 22.6. The van der Waals surface area contributed by atoms with Crippen molar-refractivity contribution in [2.24, 2.45) is 0 Å². The van der Waals surface area contributed by atoms with Crippen molar-refractivity contribution in [2.75, 3.05) is 12.0 Å². The number of thiocarbonyl (C=S) groups is 1. The molecule has 0 spiro atoms. The number of carbonyl (C=O) groups is 2. The Morgan fingerprint density at radius 1 is 1.00 bits per heavy atom. The number of fused-ring (bicyclic) bond motifs is 1. The normalized spacial score (nSPS) is 15.1. The summed E-state index contributed by atoms with van der Waals surface area (Å²) < 4.78 is 7.33. The zero-order valence-corrected chi connectivity index (χ0v) is 20.1. The van der Waals surface area contributed by atoms with Crippen LogP contribution in [-0.4, -0.2) is 28.6 Å². The molecular weight excluding hydrogens is 458 g/mol. The Morgan fingerprint density at radius 3 is 2.51 bits per heavy atom. The molecule has 0 unspecified atom stereocenters. The highest BCUT2D eigenvalue weighted by Crippen LogP contribution is 2.28. The number of aryl methyl sites for hydroxylation is 1. The Balaban J connectivity index is 1.55. The molecule has 4 aromatic rings. The van der Waals surface area contributed by atoms with Crippen LogP contribution in [0.15, 0.2) is 84.6 Å². The molecule has 2 heterocycles. The monoisotopic (exact) mass is 481 g/mol. The van der Waals surface area contributed by atoms with E-state index >= 15 is 0 Å². The first-order valence-corrected chi connectivity index (χ1v) is 11.5. The van der Waals surface area contributed by atoms with Crippen LogP contribution >= 0.6 is 12.2 Å². The number of methoxy groups -OCH3 is 1. The van der Waals surface area contributed by atoms with Gasteiger partial charge in [-0.2, -0.15) is 0 Å². The van der Waals surface area contributed by atoms with Crippen molar-refractivity contribution in [3.63, 3.8) is 0 Å². The fourth-order valence-electron chi connectivity index (χ4n) is 4.31. The number of nitrogens with one attached hydrogen (secondary N) is 1. The topological polar surface area (TPSA) is 63.6 Å². The van der Waals surface area contributed by atoms with E-state index < -0.39 is 11.8 Å². The summed E-state index contributed by atoms with van der Waals surface area (Å²) in [5.74, 6) is -0.329. The van der Waals surface area contributed by atoms with Crippen LogP contribution in [0.1, 0.15) is 16.7 Å². The van der Waals surface area contributed by atoms with Crippen LogP contribution in [0.4, 0.5) is 5.69 Å². The molecule has 2 amide bonds. The smallest absolute Gasteiger partial charge is 0.270 e. The molecule has 174 valence electrons. The molecule has 1 aliphatic heterocycles. The fourth-order valence-corrected chi connectivity index (χ4v) is 4.59. The molecule has 7 heteroatoms. The van der Waals surface area contributed by atoms with Crippen molar-refractivity contribution in [1.82, 2.24) is 9.88 Å². The van der Waals surface area contributed by atoms with Gasteiger partial charge in [0.25, 0.3) is 11.8 Å². The molecule has 0 bridgehead atoms. The Hall–Kier alpha value is -4.23. The number of para-hydroxylation sites is 1. The molecule has 1 saturated heterocycles. The van der Waals surface area contributed by atoms with E-state index in [4.69, 9.17) is 17.0 Å². The quantitative estimate of drug-likeness (QED) is 0.252. The standard InChI is InChI=1S/C28H23N3O3S/c1-18-6-5-7-19(14-18)16-30-17-20(23-8-3-4-9-25(23)30)15-24-26(32)29-28(35)31(27(24)33)21-10-12-22(34-2)13-11-21/h3-15,17H,16H2,1-2H3,(H,29,32,35)/b24-15-. The highest BCUT2D eigenvalue weighted by atomic mass is 32.1. The summed E-state index contributed by atoms with van der Waals surface area (Å²) in [6, 6.07) is 23.2. The molecule has 0 radical (unpaired) electrons. The Labute approximate surface area is 208 Å². The molecule has 0 aliphatic carbocycles. The van der Waals surface area contributed by atoms with E-state index in [1.54, 1.807) is 37.5 Å². The van der Waals surface area contributed by atoms with E-state index in [2.05, 4.69) is 35.0 Å². The van der Waals surface area contributed by atoms with Crippen molar-refractivity contribution < 1.29 is 14.3 Å². The maximum Gasteiger partial charge on any atom is 0.270 e. The number of anilines is 1. The fraction of sp³-hybridized carbons (Fsp3) is 0.107. The molecule has 1 aromatic heterocycles. The van der Waals surface area contributed by atoms with Crippen LogP contribution in [0.5, 0.6) is 5.75 Å². The third-order valence-electron chi connectivity index (χ3n) is 5.99. The molecular formula is C28H23N3O3S. The number of rotatable bonds is 5. The molecule has 0 atom stereocenters. The van der Waals surface area contributed by atoms with Gasteiger partial charge in [0.05, 0.1) is 12.8 Å². The first-order valence-electron chi connectivity index (χ1n) is 11.1. The molecule has 6 nitrogen and oxygen atoms in total. The number of benzene rings is 3. The predicted octanol–water partition coefficient (Wildman–Crippen LogP) is 4.84. The van der Waals surface area contributed by atoms with Gasteiger partial charge in [-0.15, -0.1) is 0 Å². The average Bonchev–Trinajstić information content (AvgIpc) is 3.19. The van der Waals surface area contributed by atoms with Crippen LogP contribution in [0, 0.1) is 6.92 Å². The van der Waals surface area contributed by atoms with Crippen molar-refractivity contribution >= 4 is 51.8 Å². The molecule has 0 saturated carbocycles. The lowest BCUT2D eigenvalue weighted by atomic mass is 10.1. The number of ether oxygens (including phenoxy) is 1. The van der Waals surface area contributed by atoms with Crippen molar-refractivity contribution in [1.29, 1.82) is 0 Å². The maximum absolute atomic E-state index is 13.4. The van der Waals surface area contributed by atoms with Crippen LogP contribution in [0.3, 0.4) is 0 Å². The second kappa shape index (κ2) is 9.19. The van der Waals surface area contributed by atoms with Gasteiger partial charge in [-0.25, -0.2) is 0 Å². The van der Waals surface area contributed by atoms with Gasteiger partial charge in [0.15, 0.2) is 5.11 Å². The van der Waals surface area contributed by atoms with Crippen molar-refractivity contribution in [3.8, 4) is 5.75 Å². The molecule has 35 heavy (non-hydrogen) atoms. The Bertz CT molecular complexity index is 1500. The lowest BCUT2D eigenvalue weighted by Gasteiger charge is -2.29. The van der Waals surface area contributed by atoms with E-state index in [1.807, 2.05) is 36.5 Å². The van der Waals surface area contributed by atoms with Crippen LogP contribution in [-0.2, 0) is 16.1 Å². The minimum Gasteiger partial charge on any atom is -0.497 e. The minimum absolute atomic E-state index is 0.0212. The summed E-state index contributed by atoms with van der Waals surface area (Å²) in [6.45, 7) is 2.74. The summed E-state index contributed by atoms with van der Waals surface area (Å²) >= 11 is 5.32. The van der Waals surface area contributed by atoms with E-state index in [1.165, 1.54) is 16.0 Å². The zero-order valence-electron chi connectivity index (χ0n) is 19.3. The van der Waals surface area contributed by atoms with Crippen LogP contribution < -0.4 is 15.0 Å². The van der Waals surface area contributed by atoms with E-state index in [0.29, 0.717) is 18.0 Å². The van der Waals surface area contributed by atoms with E-state index in [0.717, 1.165) is 16.5 Å². The van der Waals surface area contributed by atoms with Crippen LogP contribution in [0.2, 0.25) is 0 Å². The third kappa shape index (κ3) is 4.34. The van der Waals surface area contributed by atoms with Gasteiger partial charge in [-0.3, -0.25) is 19.8 Å².